The van der Waals surface area contributed by atoms with E-state index in [1.807, 2.05) is 12.1 Å². The Labute approximate surface area is 127 Å². The standard InChI is InChI=1S/C15H16ClN3O2/c16-10-15(4-8-21-9-5-15)19-14(20)11-2-1-3-12-13(11)18-7-6-17-12/h1-3,6-7H,4-5,8-10H2,(H,19,20). The van der Waals surface area contributed by atoms with Crippen LogP contribution in [0.5, 0.6) is 0 Å². The second-order valence-corrected chi connectivity index (χ2v) is 5.48. The molecule has 1 amide bonds. The summed E-state index contributed by atoms with van der Waals surface area (Å²) in [6.45, 7) is 1.23. The third-order valence-corrected chi connectivity index (χ3v) is 4.34. The third kappa shape index (κ3) is 2.84. The topological polar surface area (TPSA) is 64.1 Å². The molecular weight excluding hydrogens is 290 g/mol. The number of hydrogen-bond acceptors (Lipinski definition) is 4. The van der Waals surface area contributed by atoms with Gasteiger partial charge < -0.3 is 10.1 Å². The zero-order valence-electron chi connectivity index (χ0n) is 11.5. The molecule has 1 aliphatic heterocycles. The van der Waals surface area contributed by atoms with Gasteiger partial charge in [0.15, 0.2) is 0 Å². The molecule has 0 aliphatic carbocycles. The van der Waals surface area contributed by atoms with Gasteiger partial charge in [0, 0.05) is 31.5 Å². The molecule has 0 unspecified atom stereocenters. The van der Waals surface area contributed by atoms with Crippen molar-refractivity contribution in [1.82, 2.24) is 15.3 Å². The highest BCUT2D eigenvalue weighted by atomic mass is 35.5. The van der Waals surface area contributed by atoms with Gasteiger partial charge >= 0.3 is 0 Å². The SMILES string of the molecule is O=C(NC1(CCl)CCOCC1)c1cccc2nccnc12. The highest BCUT2D eigenvalue weighted by Gasteiger charge is 2.34. The van der Waals surface area contributed by atoms with Gasteiger partial charge in [-0.15, -0.1) is 11.6 Å². The molecule has 0 bridgehead atoms. The predicted molar refractivity (Wildman–Crippen MR) is 80.5 cm³/mol. The Morgan fingerprint density at radius 3 is 2.81 bits per heavy atom. The molecule has 1 saturated heterocycles. The molecule has 2 aromatic rings. The molecule has 6 heteroatoms. The quantitative estimate of drug-likeness (QED) is 0.883. The van der Waals surface area contributed by atoms with Crippen LogP contribution < -0.4 is 5.32 Å². The number of alkyl halides is 1. The van der Waals surface area contributed by atoms with Crippen LogP contribution in [0.2, 0.25) is 0 Å². The van der Waals surface area contributed by atoms with Crippen LogP contribution in [0.1, 0.15) is 23.2 Å². The first-order valence-electron chi connectivity index (χ1n) is 6.90. The monoisotopic (exact) mass is 305 g/mol. The summed E-state index contributed by atoms with van der Waals surface area (Å²) in [5, 5.41) is 3.07. The van der Waals surface area contributed by atoms with E-state index in [1.165, 1.54) is 0 Å². The summed E-state index contributed by atoms with van der Waals surface area (Å²) < 4.78 is 5.35. The Balaban J connectivity index is 1.90. The number of benzene rings is 1. The van der Waals surface area contributed by atoms with Crippen molar-refractivity contribution in [3.8, 4) is 0 Å². The van der Waals surface area contributed by atoms with Crippen molar-refractivity contribution in [3.63, 3.8) is 0 Å². The molecule has 0 saturated carbocycles. The van der Waals surface area contributed by atoms with Crippen molar-refractivity contribution in [1.29, 1.82) is 0 Å². The lowest BCUT2D eigenvalue weighted by atomic mass is 9.91. The highest BCUT2D eigenvalue weighted by molar-refractivity contribution is 6.19. The van der Waals surface area contributed by atoms with E-state index in [-0.39, 0.29) is 5.91 Å². The lowest BCUT2D eigenvalue weighted by Gasteiger charge is -2.36. The molecule has 5 nitrogen and oxygen atoms in total. The zero-order valence-corrected chi connectivity index (χ0v) is 12.3. The van der Waals surface area contributed by atoms with Crippen molar-refractivity contribution in [2.24, 2.45) is 0 Å². The first-order valence-corrected chi connectivity index (χ1v) is 7.43. The van der Waals surface area contributed by atoms with E-state index in [2.05, 4.69) is 15.3 Å². The van der Waals surface area contributed by atoms with Crippen LogP contribution in [0.3, 0.4) is 0 Å². The molecule has 21 heavy (non-hydrogen) atoms. The summed E-state index contributed by atoms with van der Waals surface area (Å²) in [7, 11) is 0. The van der Waals surface area contributed by atoms with Gasteiger partial charge in [-0.2, -0.15) is 0 Å². The lowest BCUT2D eigenvalue weighted by Crippen LogP contribution is -2.53. The summed E-state index contributed by atoms with van der Waals surface area (Å²) in [6.07, 6.45) is 4.64. The minimum absolute atomic E-state index is 0.163. The molecule has 0 atom stereocenters. The average molecular weight is 306 g/mol. The Kier molecular flexibility index (Phi) is 4.03. The minimum atomic E-state index is -0.402. The van der Waals surface area contributed by atoms with Crippen LogP contribution in [0.4, 0.5) is 0 Å². The zero-order chi connectivity index (χ0) is 14.7. The Hall–Kier alpha value is -1.72. The first kappa shape index (κ1) is 14.2. The minimum Gasteiger partial charge on any atom is -0.381 e. The van der Waals surface area contributed by atoms with Crippen LogP contribution in [-0.4, -0.2) is 40.5 Å². The van der Waals surface area contributed by atoms with E-state index in [0.717, 1.165) is 12.8 Å². The molecule has 0 spiro atoms. The maximum absolute atomic E-state index is 12.6. The molecule has 1 fully saturated rings. The highest BCUT2D eigenvalue weighted by Crippen LogP contribution is 2.23. The number of para-hydroxylation sites is 1. The number of carbonyl (C=O) groups excluding carboxylic acids is 1. The molecule has 2 heterocycles. The fraction of sp³-hybridized carbons (Fsp3) is 0.400. The smallest absolute Gasteiger partial charge is 0.254 e. The van der Waals surface area contributed by atoms with Gasteiger partial charge in [0.2, 0.25) is 0 Å². The number of hydrogen-bond donors (Lipinski definition) is 1. The van der Waals surface area contributed by atoms with Crippen molar-refractivity contribution >= 4 is 28.5 Å². The van der Waals surface area contributed by atoms with E-state index in [9.17, 15) is 4.79 Å². The van der Waals surface area contributed by atoms with Crippen LogP contribution in [0, 0.1) is 0 Å². The van der Waals surface area contributed by atoms with Crippen molar-refractivity contribution in [3.05, 3.63) is 36.2 Å². The Morgan fingerprint density at radius 1 is 1.29 bits per heavy atom. The van der Waals surface area contributed by atoms with E-state index in [1.54, 1.807) is 18.5 Å². The van der Waals surface area contributed by atoms with Crippen LogP contribution in [-0.2, 0) is 4.74 Å². The predicted octanol–water partition coefficient (Wildman–Crippen LogP) is 2.15. The number of nitrogens with zero attached hydrogens (tertiary/aromatic N) is 2. The van der Waals surface area contributed by atoms with Gasteiger partial charge in [0.05, 0.1) is 16.6 Å². The van der Waals surface area contributed by atoms with E-state index >= 15 is 0 Å². The van der Waals surface area contributed by atoms with Crippen LogP contribution >= 0.6 is 11.6 Å². The largest absolute Gasteiger partial charge is 0.381 e. The second-order valence-electron chi connectivity index (χ2n) is 5.21. The molecule has 1 aromatic carbocycles. The molecule has 110 valence electrons. The second kappa shape index (κ2) is 5.95. The van der Waals surface area contributed by atoms with Gasteiger partial charge in [0.25, 0.3) is 5.91 Å². The Bertz CT molecular complexity index is 651. The molecule has 0 radical (unpaired) electrons. The number of aromatic nitrogens is 2. The van der Waals surface area contributed by atoms with Gasteiger partial charge in [-0.1, -0.05) is 6.07 Å². The normalized spacial score (nSPS) is 17.6. The number of fused-ring (bicyclic) bond motifs is 1. The first-order chi connectivity index (χ1) is 10.2. The fourth-order valence-corrected chi connectivity index (χ4v) is 2.87. The fourth-order valence-electron chi connectivity index (χ4n) is 2.54. The maximum Gasteiger partial charge on any atom is 0.254 e. The number of nitrogens with one attached hydrogen (secondary N) is 1. The van der Waals surface area contributed by atoms with Gasteiger partial charge in [-0.05, 0) is 25.0 Å². The molecule has 1 N–H and O–H groups in total. The van der Waals surface area contributed by atoms with Gasteiger partial charge in [0.1, 0.15) is 5.52 Å². The average Bonchev–Trinajstić information content (AvgIpc) is 2.55. The van der Waals surface area contributed by atoms with Gasteiger partial charge in [-0.3, -0.25) is 14.8 Å². The Morgan fingerprint density at radius 2 is 2.05 bits per heavy atom. The molecular formula is C15H16ClN3O2. The molecule has 1 aliphatic rings. The third-order valence-electron chi connectivity index (χ3n) is 3.83. The van der Waals surface area contributed by atoms with E-state index < -0.39 is 5.54 Å². The van der Waals surface area contributed by atoms with Crippen LogP contribution in [0.15, 0.2) is 30.6 Å². The summed E-state index contributed by atoms with van der Waals surface area (Å²) >= 11 is 6.09. The van der Waals surface area contributed by atoms with Crippen molar-refractivity contribution < 1.29 is 9.53 Å². The summed E-state index contributed by atoms with van der Waals surface area (Å²) in [5.74, 6) is 0.210. The number of carbonyl (C=O) groups is 1. The van der Waals surface area contributed by atoms with E-state index in [0.29, 0.717) is 35.7 Å². The van der Waals surface area contributed by atoms with Gasteiger partial charge in [-0.25, -0.2) is 0 Å². The van der Waals surface area contributed by atoms with E-state index in [4.69, 9.17) is 16.3 Å². The summed E-state index contributed by atoms with van der Waals surface area (Å²) in [4.78, 5) is 21.1. The molecule has 1 aromatic heterocycles. The number of halogens is 1. The number of amides is 1. The van der Waals surface area contributed by atoms with Crippen LogP contribution in [0.25, 0.3) is 11.0 Å². The number of rotatable bonds is 3. The van der Waals surface area contributed by atoms with Crippen molar-refractivity contribution in [2.75, 3.05) is 19.1 Å². The summed E-state index contributed by atoms with van der Waals surface area (Å²) in [6, 6.07) is 5.40. The van der Waals surface area contributed by atoms with Crippen molar-refractivity contribution in [2.45, 2.75) is 18.4 Å². The number of ether oxygens (including phenoxy) is 1. The molecule has 3 rings (SSSR count). The summed E-state index contributed by atoms with van der Waals surface area (Å²) in [5.41, 5.74) is 1.43. The lowest BCUT2D eigenvalue weighted by molar-refractivity contribution is 0.0434. The maximum atomic E-state index is 12.6.